The molecule has 0 amide bonds. The Kier molecular flexibility index (Phi) is 11.3. The lowest BCUT2D eigenvalue weighted by atomic mass is 9.93. The monoisotopic (exact) mass is 514 g/mol. The van der Waals surface area contributed by atoms with E-state index in [1.54, 1.807) is 0 Å². The maximum absolute atomic E-state index is 11.3. The third-order valence-electron chi connectivity index (χ3n) is 7.85. The van der Waals surface area contributed by atoms with E-state index in [2.05, 4.69) is 78.0 Å². The van der Waals surface area contributed by atoms with Gasteiger partial charge in [-0.15, -0.1) is 0 Å². The minimum atomic E-state index is 0.264. The first kappa shape index (κ1) is 29.8. The fourth-order valence-corrected chi connectivity index (χ4v) is 5.44. The number of fused-ring (bicyclic) bond motifs is 2. The molecule has 206 valence electrons. The van der Waals surface area contributed by atoms with E-state index in [1.165, 1.54) is 48.0 Å². The molecule has 0 aromatic heterocycles. The van der Waals surface area contributed by atoms with E-state index < -0.39 is 0 Å². The molecule has 0 saturated heterocycles. The average molecular weight is 515 g/mol. The van der Waals surface area contributed by atoms with Crippen molar-refractivity contribution in [1.82, 2.24) is 0 Å². The summed E-state index contributed by atoms with van der Waals surface area (Å²) < 4.78 is 0. The van der Waals surface area contributed by atoms with E-state index in [0.29, 0.717) is 0 Å². The highest BCUT2D eigenvalue weighted by Crippen LogP contribution is 2.42. The summed E-state index contributed by atoms with van der Waals surface area (Å²) in [4.78, 5) is 0. The number of phenolic OH excluding ortho intramolecular Hbond substituents is 2. The molecular formula is C36H50O2. The molecule has 1 atom stereocenters. The van der Waals surface area contributed by atoms with Gasteiger partial charge in [0.2, 0.25) is 0 Å². The lowest BCUT2D eigenvalue weighted by Gasteiger charge is -2.14. The SMILES string of the molecule is CC(C)=CCC/C(C)=C/CCc1ccc2c(O)c3ccc(CCCC(C)CCCC(C)C)cc3c(O)c2c1. The van der Waals surface area contributed by atoms with Crippen molar-refractivity contribution in [3.05, 3.63) is 70.8 Å². The first-order valence-corrected chi connectivity index (χ1v) is 14.8. The quantitative estimate of drug-likeness (QED) is 0.128. The van der Waals surface area contributed by atoms with Gasteiger partial charge in [0.25, 0.3) is 0 Å². The van der Waals surface area contributed by atoms with Crippen molar-refractivity contribution >= 4 is 21.5 Å². The number of phenols is 2. The summed E-state index contributed by atoms with van der Waals surface area (Å²) in [5, 5.41) is 25.2. The number of aromatic hydroxyl groups is 2. The summed E-state index contributed by atoms with van der Waals surface area (Å²) in [6.45, 7) is 13.5. The summed E-state index contributed by atoms with van der Waals surface area (Å²) in [6, 6.07) is 12.3. The second-order valence-electron chi connectivity index (χ2n) is 12.2. The summed E-state index contributed by atoms with van der Waals surface area (Å²) in [6.07, 6.45) is 16.1. The van der Waals surface area contributed by atoms with Crippen LogP contribution in [0.25, 0.3) is 21.5 Å². The molecule has 1 unspecified atom stereocenters. The second kappa shape index (κ2) is 14.4. The predicted octanol–water partition coefficient (Wildman–Crippen LogP) is 10.8. The van der Waals surface area contributed by atoms with Gasteiger partial charge in [-0.25, -0.2) is 0 Å². The summed E-state index contributed by atoms with van der Waals surface area (Å²) in [7, 11) is 0. The van der Waals surface area contributed by atoms with Gasteiger partial charge in [-0.2, -0.15) is 0 Å². The van der Waals surface area contributed by atoms with Gasteiger partial charge >= 0.3 is 0 Å². The molecule has 0 heterocycles. The molecule has 0 aliphatic carbocycles. The normalized spacial score (nSPS) is 13.0. The highest BCUT2D eigenvalue weighted by Gasteiger charge is 2.14. The van der Waals surface area contributed by atoms with Crippen LogP contribution in [0.15, 0.2) is 59.7 Å². The fourth-order valence-electron chi connectivity index (χ4n) is 5.44. The van der Waals surface area contributed by atoms with Gasteiger partial charge in [0.15, 0.2) is 0 Å². The Balaban J connectivity index is 1.69. The van der Waals surface area contributed by atoms with Crippen molar-refractivity contribution < 1.29 is 10.2 Å². The van der Waals surface area contributed by atoms with E-state index >= 15 is 0 Å². The number of benzene rings is 3. The molecular weight excluding hydrogens is 464 g/mol. The second-order valence-corrected chi connectivity index (χ2v) is 12.2. The van der Waals surface area contributed by atoms with E-state index in [1.807, 2.05) is 12.1 Å². The zero-order chi connectivity index (χ0) is 27.7. The number of hydrogen-bond donors (Lipinski definition) is 2. The molecule has 2 heteroatoms. The molecule has 2 nitrogen and oxygen atoms in total. The summed E-state index contributed by atoms with van der Waals surface area (Å²) in [5.74, 6) is 2.09. The zero-order valence-corrected chi connectivity index (χ0v) is 24.7. The maximum Gasteiger partial charge on any atom is 0.131 e. The number of hydrogen-bond acceptors (Lipinski definition) is 2. The predicted molar refractivity (Wildman–Crippen MR) is 166 cm³/mol. The Labute approximate surface area is 231 Å². The fraction of sp³-hybridized carbons (Fsp3) is 0.500. The summed E-state index contributed by atoms with van der Waals surface area (Å²) in [5.41, 5.74) is 5.21. The van der Waals surface area contributed by atoms with Crippen LogP contribution in [0.3, 0.4) is 0 Å². The van der Waals surface area contributed by atoms with E-state index in [-0.39, 0.29) is 11.5 Å². The van der Waals surface area contributed by atoms with Gasteiger partial charge in [-0.1, -0.05) is 94.0 Å². The molecule has 0 radical (unpaired) electrons. The van der Waals surface area contributed by atoms with Gasteiger partial charge < -0.3 is 10.2 Å². The Morgan fingerprint density at radius 2 is 1.26 bits per heavy atom. The summed E-state index contributed by atoms with van der Waals surface area (Å²) >= 11 is 0. The average Bonchev–Trinajstić information content (AvgIpc) is 2.86. The Morgan fingerprint density at radius 3 is 1.87 bits per heavy atom. The minimum Gasteiger partial charge on any atom is -0.507 e. The standard InChI is InChI=1S/C36H50O2/c1-25(2)11-7-13-27(5)15-9-17-29-19-21-31-33(23-29)36(38)34-24-30(20-22-32(34)35(31)37)18-10-16-28(6)14-8-12-26(3)4/h11,15,19-24,26,28,37-38H,7-10,12-14,16-18H2,1-6H3/b27-15+. The minimum absolute atomic E-state index is 0.264. The van der Waals surface area contributed by atoms with Crippen LogP contribution in [0, 0.1) is 11.8 Å². The molecule has 3 aromatic carbocycles. The van der Waals surface area contributed by atoms with Crippen LogP contribution in [0.1, 0.15) is 104 Å². The van der Waals surface area contributed by atoms with Crippen molar-refractivity contribution in [1.29, 1.82) is 0 Å². The van der Waals surface area contributed by atoms with Crippen LogP contribution in [0.4, 0.5) is 0 Å². The molecule has 2 N–H and O–H groups in total. The van der Waals surface area contributed by atoms with E-state index in [4.69, 9.17) is 0 Å². The van der Waals surface area contributed by atoms with Crippen LogP contribution < -0.4 is 0 Å². The van der Waals surface area contributed by atoms with Gasteiger partial charge in [0.05, 0.1) is 0 Å². The first-order chi connectivity index (χ1) is 18.2. The third kappa shape index (κ3) is 8.65. The number of aryl methyl sites for hydroxylation is 2. The van der Waals surface area contributed by atoms with Crippen molar-refractivity contribution in [2.45, 2.75) is 106 Å². The molecule has 0 spiro atoms. The van der Waals surface area contributed by atoms with Crippen molar-refractivity contribution in [3.63, 3.8) is 0 Å². The molecule has 0 bridgehead atoms. The molecule has 3 rings (SSSR count). The number of rotatable bonds is 14. The largest absolute Gasteiger partial charge is 0.507 e. The van der Waals surface area contributed by atoms with Gasteiger partial charge in [-0.3, -0.25) is 0 Å². The molecule has 0 fully saturated rings. The Morgan fingerprint density at radius 1 is 0.684 bits per heavy atom. The van der Waals surface area contributed by atoms with E-state index in [9.17, 15) is 10.2 Å². The van der Waals surface area contributed by atoms with E-state index in [0.717, 1.165) is 71.9 Å². The van der Waals surface area contributed by atoms with Crippen LogP contribution in [-0.2, 0) is 12.8 Å². The lowest BCUT2D eigenvalue weighted by molar-refractivity contribution is 0.427. The van der Waals surface area contributed by atoms with Crippen LogP contribution in [0.2, 0.25) is 0 Å². The molecule has 0 aliphatic rings. The topological polar surface area (TPSA) is 40.5 Å². The van der Waals surface area contributed by atoms with Gasteiger partial charge in [-0.05, 0) is 94.4 Å². The molecule has 0 aliphatic heterocycles. The lowest BCUT2D eigenvalue weighted by Crippen LogP contribution is -1.98. The smallest absolute Gasteiger partial charge is 0.131 e. The van der Waals surface area contributed by atoms with Gasteiger partial charge in [0, 0.05) is 21.5 Å². The van der Waals surface area contributed by atoms with Crippen LogP contribution in [0.5, 0.6) is 11.5 Å². The first-order valence-electron chi connectivity index (χ1n) is 14.8. The van der Waals surface area contributed by atoms with Gasteiger partial charge in [0.1, 0.15) is 11.5 Å². The Hall–Kier alpha value is -2.74. The van der Waals surface area contributed by atoms with Crippen molar-refractivity contribution in [2.24, 2.45) is 11.8 Å². The highest BCUT2D eigenvalue weighted by molar-refractivity contribution is 6.10. The maximum atomic E-state index is 11.3. The molecule has 38 heavy (non-hydrogen) atoms. The number of allylic oxidation sites excluding steroid dienone is 4. The Bertz CT molecular complexity index is 1260. The van der Waals surface area contributed by atoms with Crippen LogP contribution >= 0.6 is 0 Å². The highest BCUT2D eigenvalue weighted by atomic mass is 16.3. The third-order valence-corrected chi connectivity index (χ3v) is 7.85. The molecule has 3 aromatic rings. The zero-order valence-electron chi connectivity index (χ0n) is 24.7. The van der Waals surface area contributed by atoms with Crippen molar-refractivity contribution in [3.8, 4) is 11.5 Å². The molecule has 0 saturated carbocycles. The van der Waals surface area contributed by atoms with Crippen molar-refractivity contribution in [2.75, 3.05) is 0 Å². The van der Waals surface area contributed by atoms with Crippen LogP contribution in [-0.4, -0.2) is 10.2 Å².